The predicted molar refractivity (Wildman–Crippen MR) is 97.9 cm³/mol. The number of nitrogens with one attached hydrogen (secondary N) is 1. The summed E-state index contributed by atoms with van der Waals surface area (Å²) in [4.78, 5) is 14.2. The van der Waals surface area contributed by atoms with E-state index in [0.29, 0.717) is 18.9 Å². The highest BCUT2D eigenvalue weighted by Crippen LogP contribution is 2.20. The van der Waals surface area contributed by atoms with Crippen LogP contribution in [0.2, 0.25) is 0 Å². The molecule has 0 aromatic heterocycles. The Balaban J connectivity index is 0.00000192. The molecule has 124 valence electrons. The van der Waals surface area contributed by atoms with Crippen molar-refractivity contribution < 1.29 is 4.79 Å². The number of amides is 1. The SMILES string of the molecule is CN(Cc1cccc2ccccc12)C(=O)CCC1CCNC1.Cl. The van der Waals surface area contributed by atoms with Crippen LogP contribution in [0.5, 0.6) is 0 Å². The summed E-state index contributed by atoms with van der Waals surface area (Å²) in [6.45, 7) is 2.86. The third-order valence-electron chi connectivity index (χ3n) is 4.64. The lowest BCUT2D eigenvalue weighted by Crippen LogP contribution is -2.26. The van der Waals surface area contributed by atoms with E-state index in [2.05, 4.69) is 47.8 Å². The molecule has 1 aliphatic rings. The molecule has 1 atom stereocenters. The van der Waals surface area contributed by atoms with Crippen molar-refractivity contribution in [2.75, 3.05) is 20.1 Å². The van der Waals surface area contributed by atoms with Crippen LogP contribution in [0.25, 0.3) is 10.8 Å². The highest BCUT2D eigenvalue weighted by molar-refractivity contribution is 5.86. The number of halogens is 1. The minimum absolute atomic E-state index is 0. The standard InChI is InChI=1S/C19H24N2O.ClH/c1-21(19(22)10-9-15-11-12-20-13-15)14-17-7-4-6-16-5-2-3-8-18(16)17;/h2-8,15,20H,9-14H2,1H3;1H. The van der Waals surface area contributed by atoms with Crippen LogP contribution in [0.3, 0.4) is 0 Å². The minimum Gasteiger partial charge on any atom is -0.341 e. The monoisotopic (exact) mass is 332 g/mol. The Morgan fingerprint density at radius 3 is 2.78 bits per heavy atom. The van der Waals surface area contributed by atoms with Crippen LogP contribution in [0, 0.1) is 5.92 Å². The first-order chi connectivity index (χ1) is 10.7. The number of carbonyl (C=O) groups is 1. The van der Waals surface area contributed by atoms with Gasteiger partial charge in [-0.05, 0) is 48.2 Å². The zero-order valence-corrected chi connectivity index (χ0v) is 14.4. The van der Waals surface area contributed by atoms with Crippen LogP contribution in [-0.2, 0) is 11.3 Å². The summed E-state index contributed by atoms with van der Waals surface area (Å²) < 4.78 is 0. The average Bonchev–Trinajstić information content (AvgIpc) is 3.06. The van der Waals surface area contributed by atoms with Crippen LogP contribution >= 0.6 is 12.4 Å². The maximum Gasteiger partial charge on any atom is 0.222 e. The molecule has 4 heteroatoms. The van der Waals surface area contributed by atoms with E-state index in [9.17, 15) is 4.79 Å². The summed E-state index contributed by atoms with van der Waals surface area (Å²) in [6.07, 6.45) is 2.87. The Kier molecular flexibility index (Phi) is 6.43. The van der Waals surface area contributed by atoms with Gasteiger partial charge in [-0.1, -0.05) is 42.5 Å². The summed E-state index contributed by atoms with van der Waals surface area (Å²) in [7, 11) is 1.91. The molecule has 0 bridgehead atoms. The van der Waals surface area contributed by atoms with E-state index < -0.39 is 0 Å². The Morgan fingerprint density at radius 1 is 1.22 bits per heavy atom. The van der Waals surface area contributed by atoms with Crippen LogP contribution in [0.1, 0.15) is 24.8 Å². The molecule has 23 heavy (non-hydrogen) atoms. The van der Waals surface area contributed by atoms with Gasteiger partial charge in [-0.3, -0.25) is 4.79 Å². The number of nitrogens with zero attached hydrogens (tertiary/aromatic N) is 1. The Hall–Kier alpha value is -1.58. The zero-order valence-electron chi connectivity index (χ0n) is 13.6. The van der Waals surface area contributed by atoms with E-state index in [1.807, 2.05) is 11.9 Å². The third-order valence-corrected chi connectivity index (χ3v) is 4.64. The van der Waals surface area contributed by atoms with Crippen LogP contribution in [0.4, 0.5) is 0 Å². The normalized spacial score (nSPS) is 17.0. The lowest BCUT2D eigenvalue weighted by molar-refractivity contribution is -0.130. The van der Waals surface area contributed by atoms with E-state index in [0.717, 1.165) is 19.5 Å². The molecule has 2 aromatic carbocycles. The molecular weight excluding hydrogens is 308 g/mol. The maximum absolute atomic E-state index is 12.3. The maximum atomic E-state index is 12.3. The number of hydrogen-bond donors (Lipinski definition) is 1. The van der Waals surface area contributed by atoms with Gasteiger partial charge >= 0.3 is 0 Å². The Bertz CT molecular complexity index is 647. The summed E-state index contributed by atoms with van der Waals surface area (Å²) >= 11 is 0. The fourth-order valence-electron chi connectivity index (χ4n) is 3.25. The number of fused-ring (bicyclic) bond motifs is 1. The first kappa shape index (κ1) is 17.8. The summed E-state index contributed by atoms with van der Waals surface area (Å²) in [5.74, 6) is 0.926. The molecule has 1 unspecified atom stereocenters. The molecule has 3 nitrogen and oxygen atoms in total. The first-order valence-electron chi connectivity index (χ1n) is 8.15. The molecule has 2 aromatic rings. The molecule has 1 heterocycles. The summed E-state index contributed by atoms with van der Waals surface area (Å²) in [6, 6.07) is 14.7. The molecule has 3 rings (SSSR count). The van der Waals surface area contributed by atoms with E-state index in [4.69, 9.17) is 0 Å². The lowest BCUT2D eigenvalue weighted by atomic mass is 10.0. The molecular formula is C19H25ClN2O. The third kappa shape index (κ3) is 4.46. The minimum atomic E-state index is 0. The highest BCUT2D eigenvalue weighted by Gasteiger charge is 2.17. The predicted octanol–water partition coefficient (Wildman–Crippen LogP) is 3.61. The van der Waals surface area contributed by atoms with Crippen molar-refractivity contribution in [3.8, 4) is 0 Å². The lowest BCUT2D eigenvalue weighted by Gasteiger charge is -2.19. The largest absolute Gasteiger partial charge is 0.341 e. The van der Waals surface area contributed by atoms with Crippen molar-refractivity contribution in [1.82, 2.24) is 10.2 Å². The molecule has 0 saturated carbocycles. The van der Waals surface area contributed by atoms with Crippen molar-refractivity contribution in [2.45, 2.75) is 25.8 Å². The molecule has 0 spiro atoms. The van der Waals surface area contributed by atoms with Gasteiger partial charge in [0.25, 0.3) is 0 Å². The highest BCUT2D eigenvalue weighted by atomic mass is 35.5. The Labute approximate surface area is 144 Å². The summed E-state index contributed by atoms with van der Waals surface area (Å²) in [5, 5.41) is 5.83. The molecule has 0 radical (unpaired) electrons. The van der Waals surface area contributed by atoms with Crippen molar-refractivity contribution in [3.05, 3.63) is 48.0 Å². The van der Waals surface area contributed by atoms with Gasteiger partial charge in [0, 0.05) is 20.0 Å². The quantitative estimate of drug-likeness (QED) is 0.907. The van der Waals surface area contributed by atoms with Crippen molar-refractivity contribution in [1.29, 1.82) is 0 Å². The van der Waals surface area contributed by atoms with Crippen molar-refractivity contribution in [3.63, 3.8) is 0 Å². The van der Waals surface area contributed by atoms with Crippen LogP contribution in [-0.4, -0.2) is 30.9 Å². The second-order valence-electron chi connectivity index (χ2n) is 6.29. The topological polar surface area (TPSA) is 32.3 Å². The Morgan fingerprint density at radius 2 is 2.00 bits per heavy atom. The van der Waals surface area contributed by atoms with Gasteiger partial charge in [0.05, 0.1) is 0 Å². The molecule has 1 amide bonds. The van der Waals surface area contributed by atoms with Crippen molar-refractivity contribution >= 4 is 29.1 Å². The van der Waals surface area contributed by atoms with E-state index in [1.54, 1.807) is 0 Å². The van der Waals surface area contributed by atoms with Gasteiger partial charge in [0.15, 0.2) is 0 Å². The average molecular weight is 333 g/mol. The number of rotatable bonds is 5. The van der Waals surface area contributed by atoms with Gasteiger partial charge in [0.2, 0.25) is 5.91 Å². The number of hydrogen-bond acceptors (Lipinski definition) is 2. The summed E-state index contributed by atoms with van der Waals surface area (Å²) in [5.41, 5.74) is 1.22. The van der Waals surface area contributed by atoms with E-state index in [1.165, 1.54) is 22.8 Å². The second-order valence-corrected chi connectivity index (χ2v) is 6.29. The fraction of sp³-hybridized carbons (Fsp3) is 0.421. The zero-order chi connectivity index (χ0) is 15.4. The molecule has 0 aliphatic carbocycles. The van der Waals surface area contributed by atoms with Gasteiger partial charge in [0.1, 0.15) is 0 Å². The second kappa shape index (κ2) is 8.32. The number of benzene rings is 2. The van der Waals surface area contributed by atoms with Crippen LogP contribution in [0.15, 0.2) is 42.5 Å². The van der Waals surface area contributed by atoms with Gasteiger partial charge < -0.3 is 10.2 Å². The van der Waals surface area contributed by atoms with Gasteiger partial charge in [-0.25, -0.2) is 0 Å². The first-order valence-corrected chi connectivity index (χ1v) is 8.15. The van der Waals surface area contributed by atoms with Gasteiger partial charge in [-0.15, -0.1) is 12.4 Å². The molecule has 1 saturated heterocycles. The van der Waals surface area contributed by atoms with Crippen LogP contribution < -0.4 is 5.32 Å². The number of carbonyl (C=O) groups excluding carboxylic acids is 1. The van der Waals surface area contributed by atoms with E-state index >= 15 is 0 Å². The van der Waals surface area contributed by atoms with Gasteiger partial charge in [-0.2, -0.15) is 0 Å². The molecule has 1 N–H and O–H groups in total. The van der Waals surface area contributed by atoms with E-state index in [-0.39, 0.29) is 18.3 Å². The fourth-order valence-corrected chi connectivity index (χ4v) is 3.25. The van der Waals surface area contributed by atoms with Crippen molar-refractivity contribution in [2.24, 2.45) is 5.92 Å². The molecule has 1 aliphatic heterocycles. The molecule has 1 fully saturated rings. The smallest absolute Gasteiger partial charge is 0.222 e.